The molecule has 6 heteroatoms. The lowest BCUT2D eigenvalue weighted by molar-refractivity contribution is 0.0600. The van der Waals surface area contributed by atoms with Crippen LogP contribution in [-0.4, -0.2) is 30.3 Å². The zero-order valence-electron chi connectivity index (χ0n) is 14.1. The Hall–Kier alpha value is -2.86. The molecule has 130 valence electrons. The van der Waals surface area contributed by atoms with Crippen LogP contribution in [0.15, 0.2) is 42.5 Å². The Morgan fingerprint density at radius 3 is 2.68 bits per heavy atom. The van der Waals surface area contributed by atoms with Crippen molar-refractivity contribution in [2.45, 2.75) is 25.5 Å². The highest BCUT2D eigenvalue weighted by atomic mass is 16.5. The number of carbonyl (C=O) groups is 2. The van der Waals surface area contributed by atoms with Gasteiger partial charge in [0.05, 0.1) is 24.8 Å². The molecule has 3 rings (SSSR count). The summed E-state index contributed by atoms with van der Waals surface area (Å²) in [6.07, 6.45) is -0.125. The van der Waals surface area contributed by atoms with E-state index in [2.05, 4.69) is 15.4 Å². The predicted molar refractivity (Wildman–Crippen MR) is 93.6 cm³/mol. The molecule has 2 amide bonds. The third-order valence-electron chi connectivity index (χ3n) is 4.39. The maximum absolute atomic E-state index is 12.3. The molecule has 0 bridgehead atoms. The molecular weight excluding hydrogens is 320 g/mol. The van der Waals surface area contributed by atoms with E-state index in [0.717, 1.165) is 16.7 Å². The Balaban J connectivity index is 1.70. The summed E-state index contributed by atoms with van der Waals surface area (Å²) in [5.74, 6) is -0.426. The molecule has 1 aliphatic rings. The number of amides is 2. The molecule has 0 aromatic heterocycles. The Labute approximate surface area is 145 Å². The van der Waals surface area contributed by atoms with Crippen molar-refractivity contribution in [1.82, 2.24) is 5.32 Å². The number of aliphatic hydroxyl groups is 1. The van der Waals surface area contributed by atoms with E-state index in [1.165, 1.54) is 7.11 Å². The molecule has 0 fully saturated rings. The molecule has 0 heterocycles. The fraction of sp³-hybridized carbons (Fsp3) is 0.263. The van der Waals surface area contributed by atoms with Gasteiger partial charge in [-0.1, -0.05) is 24.3 Å². The fourth-order valence-electron chi connectivity index (χ4n) is 3.10. The van der Waals surface area contributed by atoms with Gasteiger partial charge >= 0.3 is 12.0 Å². The summed E-state index contributed by atoms with van der Waals surface area (Å²) in [5, 5.41) is 15.8. The summed E-state index contributed by atoms with van der Waals surface area (Å²) in [6.45, 7) is 1.79. The zero-order chi connectivity index (χ0) is 18.0. The molecule has 0 spiro atoms. The maximum atomic E-state index is 12.3. The van der Waals surface area contributed by atoms with Gasteiger partial charge in [0, 0.05) is 12.1 Å². The number of methoxy groups -OCH3 is 1. The van der Waals surface area contributed by atoms with Crippen LogP contribution in [0.25, 0.3) is 0 Å². The van der Waals surface area contributed by atoms with Crippen LogP contribution >= 0.6 is 0 Å². The van der Waals surface area contributed by atoms with Gasteiger partial charge in [-0.2, -0.15) is 0 Å². The van der Waals surface area contributed by atoms with Crippen molar-refractivity contribution in [2.75, 3.05) is 12.4 Å². The maximum Gasteiger partial charge on any atom is 0.337 e. The van der Waals surface area contributed by atoms with Crippen molar-refractivity contribution in [3.05, 3.63) is 64.7 Å². The second-order valence-electron chi connectivity index (χ2n) is 6.07. The summed E-state index contributed by atoms with van der Waals surface area (Å²) in [5.41, 5.74) is 3.73. The smallest absolute Gasteiger partial charge is 0.337 e. The minimum absolute atomic E-state index is 0.408. The SMILES string of the molecule is COC(=O)c1ccc(NC(=O)N[C@@H]2c3ccccc3C[C@@H]2O)c(C)c1. The number of nitrogens with one attached hydrogen (secondary N) is 2. The quantitative estimate of drug-likeness (QED) is 0.750. The van der Waals surface area contributed by atoms with Gasteiger partial charge in [0.25, 0.3) is 0 Å². The average molecular weight is 340 g/mol. The molecule has 25 heavy (non-hydrogen) atoms. The first-order valence-electron chi connectivity index (χ1n) is 8.02. The second kappa shape index (κ2) is 6.94. The summed E-state index contributed by atoms with van der Waals surface area (Å²) in [7, 11) is 1.32. The molecule has 6 nitrogen and oxygen atoms in total. The molecule has 0 saturated heterocycles. The Morgan fingerprint density at radius 1 is 1.20 bits per heavy atom. The number of aliphatic hydroxyl groups excluding tert-OH is 1. The van der Waals surface area contributed by atoms with Crippen LogP contribution in [0, 0.1) is 6.92 Å². The van der Waals surface area contributed by atoms with Crippen molar-refractivity contribution in [3.8, 4) is 0 Å². The molecule has 0 unspecified atom stereocenters. The van der Waals surface area contributed by atoms with Crippen molar-refractivity contribution in [1.29, 1.82) is 0 Å². The Bertz CT molecular complexity index is 819. The lowest BCUT2D eigenvalue weighted by Crippen LogP contribution is -2.36. The first-order valence-corrected chi connectivity index (χ1v) is 8.02. The van der Waals surface area contributed by atoms with Gasteiger partial charge in [0.2, 0.25) is 0 Å². The van der Waals surface area contributed by atoms with Crippen LogP contribution in [-0.2, 0) is 11.2 Å². The number of rotatable bonds is 3. The number of aryl methyl sites for hydroxylation is 1. The number of hydrogen-bond acceptors (Lipinski definition) is 4. The summed E-state index contributed by atoms with van der Waals surface area (Å²) in [4.78, 5) is 23.9. The van der Waals surface area contributed by atoms with E-state index >= 15 is 0 Å². The van der Waals surface area contributed by atoms with E-state index < -0.39 is 24.1 Å². The number of carbonyl (C=O) groups excluding carboxylic acids is 2. The fourth-order valence-corrected chi connectivity index (χ4v) is 3.10. The van der Waals surface area contributed by atoms with Gasteiger partial charge in [-0.15, -0.1) is 0 Å². The average Bonchev–Trinajstić information content (AvgIpc) is 2.91. The standard InChI is InChI=1S/C19H20N2O4/c1-11-9-13(18(23)25-2)7-8-15(11)20-19(24)21-17-14-6-4-3-5-12(14)10-16(17)22/h3-9,16-17,22H,10H2,1-2H3,(H2,20,21,24)/t16-,17+/m0/s1. The first-order chi connectivity index (χ1) is 12.0. The molecule has 2 atom stereocenters. The third-order valence-corrected chi connectivity index (χ3v) is 4.39. The number of fused-ring (bicyclic) bond motifs is 1. The Kier molecular flexibility index (Phi) is 4.72. The van der Waals surface area contributed by atoms with Gasteiger partial charge in [-0.05, 0) is 41.8 Å². The van der Waals surface area contributed by atoms with Crippen LogP contribution < -0.4 is 10.6 Å². The van der Waals surface area contributed by atoms with E-state index in [-0.39, 0.29) is 0 Å². The normalized spacial score (nSPS) is 18.4. The third kappa shape index (κ3) is 3.49. The van der Waals surface area contributed by atoms with Crippen molar-refractivity contribution in [3.63, 3.8) is 0 Å². The van der Waals surface area contributed by atoms with Gasteiger partial charge < -0.3 is 20.5 Å². The number of ether oxygens (including phenoxy) is 1. The second-order valence-corrected chi connectivity index (χ2v) is 6.07. The molecule has 0 saturated carbocycles. The molecular formula is C19H20N2O4. The molecule has 2 aromatic carbocycles. The molecule has 1 aliphatic carbocycles. The number of esters is 1. The lowest BCUT2D eigenvalue weighted by Gasteiger charge is -2.19. The molecule has 2 aromatic rings. The molecule has 0 aliphatic heterocycles. The zero-order valence-corrected chi connectivity index (χ0v) is 14.1. The van der Waals surface area contributed by atoms with Crippen molar-refractivity contribution >= 4 is 17.7 Å². The number of urea groups is 1. The minimum Gasteiger partial charge on any atom is -0.465 e. The van der Waals surface area contributed by atoms with E-state index in [1.54, 1.807) is 25.1 Å². The Morgan fingerprint density at radius 2 is 1.96 bits per heavy atom. The van der Waals surface area contributed by atoms with E-state index in [0.29, 0.717) is 17.7 Å². The van der Waals surface area contributed by atoms with Crippen LogP contribution in [0.3, 0.4) is 0 Å². The van der Waals surface area contributed by atoms with Crippen LogP contribution in [0.2, 0.25) is 0 Å². The highest BCUT2D eigenvalue weighted by molar-refractivity contribution is 5.93. The van der Waals surface area contributed by atoms with Gasteiger partial charge in [0.15, 0.2) is 0 Å². The summed E-state index contributed by atoms with van der Waals surface area (Å²) >= 11 is 0. The number of benzene rings is 2. The van der Waals surface area contributed by atoms with E-state index in [4.69, 9.17) is 0 Å². The monoisotopic (exact) mass is 340 g/mol. The van der Waals surface area contributed by atoms with Crippen molar-refractivity contribution < 1.29 is 19.4 Å². The van der Waals surface area contributed by atoms with Crippen molar-refractivity contribution in [2.24, 2.45) is 0 Å². The predicted octanol–water partition coefficient (Wildman–Crippen LogP) is 2.56. The molecule has 0 radical (unpaired) electrons. The molecule has 3 N–H and O–H groups in total. The largest absolute Gasteiger partial charge is 0.465 e. The highest BCUT2D eigenvalue weighted by Gasteiger charge is 2.31. The van der Waals surface area contributed by atoms with E-state index in [1.807, 2.05) is 24.3 Å². The van der Waals surface area contributed by atoms with Crippen LogP contribution in [0.1, 0.15) is 33.1 Å². The number of hydrogen-bond donors (Lipinski definition) is 3. The van der Waals surface area contributed by atoms with Gasteiger partial charge in [-0.3, -0.25) is 0 Å². The number of anilines is 1. The van der Waals surface area contributed by atoms with Crippen LogP contribution in [0.5, 0.6) is 0 Å². The topological polar surface area (TPSA) is 87.7 Å². The highest BCUT2D eigenvalue weighted by Crippen LogP contribution is 2.31. The van der Waals surface area contributed by atoms with Gasteiger partial charge in [0.1, 0.15) is 0 Å². The van der Waals surface area contributed by atoms with E-state index in [9.17, 15) is 14.7 Å². The summed E-state index contributed by atoms with van der Waals surface area (Å²) in [6, 6.07) is 11.7. The lowest BCUT2D eigenvalue weighted by atomic mass is 10.1. The van der Waals surface area contributed by atoms with Crippen LogP contribution in [0.4, 0.5) is 10.5 Å². The summed E-state index contributed by atoms with van der Waals surface area (Å²) < 4.78 is 4.68. The first kappa shape index (κ1) is 17.0. The van der Waals surface area contributed by atoms with Gasteiger partial charge in [-0.25, -0.2) is 9.59 Å². The minimum atomic E-state index is -0.647.